The van der Waals surface area contributed by atoms with E-state index in [4.69, 9.17) is 0 Å². The first-order valence-corrected chi connectivity index (χ1v) is 10.9. The smallest absolute Gasteiger partial charge is 0.240 e. The average Bonchev–Trinajstić information content (AvgIpc) is 2.98. The van der Waals surface area contributed by atoms with E-state index in [1.165, 1.54) is 23.5 Å². The Hall–Kier alpha value is -2.09. The minimum atomic E-state index is -3.55. The SMILES string of the molecule is Cc1ccc(C)c(S(=O)(=O)NCCc2sc(-c3ccc(F)cc3)nc2C)c1. The second-order valence-corrected chi connectivity index (χ2v) is 9.27. The molecular formula is C20H21FN2O2S2. The number of benzene rings is 2. The number of hydrogen-bond acceptors (Lipinski definition) is 4. The van der Waals surface area contributed by atoms with E-state index in [9.17, 15) is 12.8 Å². The van der Waals surface area contributed by atoms with Gasteiger partial charge in [-0.2, -0.15) is 0 Å². The highest BCUT2D eigenvalue weighted by Crippen LogP contribution is 2.28. The maximum Gasteiger partial charge on any atom is 0.240 e. The van der Waals surface area contributed by atoms with Crippen LogP contribution in [0.15, 0.2) is 47.4 Å². The lowest BCUT2D eigenvalue weighted by Gasteiger charge is -2.10. The van der Waals surface area contributed by atoms with Crippen molar-refractivity contribution in [2.45, 2.75) is 32.1 Å². The van der Waals surface area contributed by atoms with Gasteiger partial charge in [0.25, 0.3) is 0 Å². The summed E-state index contributed by atoms with van der Waals surface area (Å²) in [4.78, 5) is 5.86. The molecule has 1 N–H and O–H groups in total. The third-order valence-corrected chi connectivity index (χ3v) is 7.13. The van der Waals surface area contributed by atoms with Crippen molar-refractivity contribution >= 4 is 21.4 Å². The summed E-state index contributed by atoms with van der Waals surface area (Å²) in [5.74, 6) is -0.284. The zero-order valence-electron chi connectivity index (χ0n) is 15.4. The standard InChI is InChI=1S/C20H21FN2O2S2/c1-13-4-5-14(2)19(12-13)27(24,25)22-11-10-18-15(3)23-20(26-18)16-6-8-17(21)9-7-16/h4-9,12,22H,10-11H2,1-3H3. The summed E-state index contributed by atoms with van der Waals surface area (Å²) >= 11 is 1.50. The molecule has 0 aliphatic heterocycles. The predicted molar refractivity (Wildman–Crippen MR) is 107 cm³/mol. The van der Waals surface area contributed by atoms with Crippen molar-refractivity contribution in [1.82, 2.24) is 9.71 Å². The molecule has 4 nitrogen and oxygen atoms in total. The summed E-state index contributed by atoms with van der Waals surface area (Å²) < 4.78 is 40.9. The second kappa shape index (κ2) is 7.88. The Morgan fingerprint density at radius 3 is 2.48 bits per heavy atom. The number of hydrogen-bond donors (Lipinski definition) is 1. The van der Waals surface area contributed by atoms with Crippen LogP contribution in [0.2, 0.25) is 0 Å². The van der Waals surface area contributed by atoms with Crippen molar-refractivity contribution in [3.8, 4) is 10.6 Å². The highest BCUT2D eigenvalue weighted by atomic mass is 32.2. The van der Waals surface area contributed by atoms with Crippen molar-refractivity contribution < 1.29 is 12.8 Å². The predicted octanol–water partition coefficient (Wildman–Crippen LogP) is 4.40. The lowest BCUT2D eigenvalue weighted by atomic mass is 10.2. The van der Waals surface area contributed by atoms with Gasteiger partial charge in [0.15, 0.2) is 0 Å². The lowest BCUT2D eigenvalue weighted by Crippen LogP contribution is -2.26. The van der Waals surface area contributed by atoms with Crippen LogP contribution in [-0.2, 0) is 16.4 Å². The van der Waals surface area contributed by atoms with Crippen LogP contribution in [0.25, 0.3) is 10.6 Å². The van der Waals surface area contributed by atoms with E-state index in [1.807, 2.05) is 26.0 Å². The molecule has 0 atom stereocenters. The maximum atomic E-state index is 13.1. The molecule has 0 bridgehead atoms. The third kappa shape index (κ3) is 4.61. The van der Waals surface area contributed by atoms with E-state index in [0.29, 0.717) is 17.9 Å². The third-order valence-electron chi connectivity index (χ3n) is 4.26. The molecule has 1 aromatic heterocycles. The topological polar surface area (TPSA) is 59.1 Å². The monoisotopic (exact) mass is 404 g/mol. The molecule has 0 aliphatic rings. The molecule has 27 heavy (non-hydrogen) atoms. The van der Waals surface area contributed by atoms with Gasteiger partial charge in [-0.15, -0.1) is 11.3 Å². The quantitative estimate of drug-likeness (QED) is 0.663. The van der Waals surface area contributed by atoms with Crippen LogP contribution >= 0.6 is 11.3 Å². The normalized spacial score (nSPS) is 11.7. The van der Waals surface area contributed by atoms with Gasteiger partial charge in [0.05, 0.1) is 10.6 Å². The number of sulfonamides is 1. The number of nitrogens with zero attached hydrogens (tertiary/aromatic N) is 1. The Morgan fingerprint density at radius 2 is 1.78 bits per heavy atom. The van der Waals surface area contributed by atoms with Crippen LogP contribution in [-0.4, -0.2) is 19.9 Å². The summed E-state index contributed by atoms with van der Waals surface area (Å²) in [6, 6.07) is 11.6. The summed E-state index contributed by atoms with van der Waals surface area (Å²) in [6.45, 7) is 5.85. The molecule has 2 aromatic carbocycles. The molecule has 0 fully saturated rings. The number of aryl methyl sites for hydroxylation is 3. The molecule has 0 unspecified atom stereocenters. The van der Waals surface area contributed by atoms with Crippen LogP contribution in [0.3, 0.4) is 0 Å². The second-order valence-electron chi connectivity index (χ2n) is 6.45. The van der Waals surface area contributed by atoms with Crippen LogP contribution in [0.4, 0.5) is 4.39 Å². The number of nitrogens with one attached hydrogen (secondary N) is 1. The molecule has 0 radical (unpaired) electrons. The van der Waals surface area contributed by atoms with Crippen molar-refractivity contribution in [2.75, 3.05) is 6.54 Å². The molecule has 3 rings (SSSR count). The Balaban J connectivity index is 1.70. The molecule has 7 heteroatoms. The Labute approximate surface area is 163 Å². The van der Waals surface area contributed by atoms with E-state index in [0.717, 1.165) is 32.3 Å². The van der Waals surface area contributed by atoms with Gasteiger partial charge in [-0.1, -0.05) is 12.1 Å². The van der Waals surface area contributed by atoms with Crippen molar-refractivity contribution in [2.24, 2.45) is 0 Å². The first-order chi connectivity index (χ1) is 12.8. The molecule has 1 heterocycles. The van der Waals surface area contributed by atoms with Crippen molar-refractivity contribution in [3.05, 3.63) is 70.0 Å². The Bertz CT molecular complexity index is 1060. The number of aromatic nitrogens is 1. The van der Waals surface area contributed by atoms with Gasteiger partial charge >= 0.3 is 0 Å². The summed E-state index contributed by atoms with van der Waals surface area (Å²) in [5.41, 5.74) is 3.35. The van der Waals surface area contributed by atoms with Crippen LogP contribution in [0.1, 0.15) is 21.7 Å². The first kappa shape index (κ1) is 19.7. The van der Waals surface area contributed by atoms with Gasteiger partial charge in [0.2, 0.25) is 10.0 Å². The molecular weight excluding hydrogens is 383 g/mol. The van der Waals surface area contributed by atoms with Crippen LogP contribution in [0, 0.1) is 26.6 Å². The van der Waals surface area contributed by atoms with Crippen LogP contribution in [0.5, 0.6) is 0 Å². The highest BCUT2D eigenvalue weighted by Gasteiger charge is 2.17. The van der Waals surface area contributed by atoms with Gasteiger partial charge in [0, 0.05) is 17.0 Å². The fraction of sp³-hybridized carbons (Fsp3) is 0.250. The van der Waals surface area contributed by atoms with Crippen molar-refractivity contribution in [1.29, 1.82) is 0 Å². The highest BCUT2D eigenvalue weighted by molar-refractivity contribution is 7.89. The first-order valence-electron chi connectivity index (χ1n) is 8.55. The largest absolute Gasteiger partial charge is 0.241 e. The van der Waals surface area contributed by atoms with Gasteiger partial charge in [-0.3, -0.25) is 0 Å². The fourth-order valence-electron chi connectivity index (χ4n) is 2.75. The van der Waals surface area contributed by atoms with E-state index in [1.54, 1.807) is 25.1 Å². The zero-order valence-corrected chi connectivity index (χ0v) is 17.0. The van der Waals surface area contributed by atoms with Crippen LogP contribution < -0.4 is 4.72 Å². The molecule has 3 aromatic rings. The molecule has 142 valence electrons. The molecule has 0 aliphatic carbocycles. The van der Waals surface area contributed by atoms with Crippen molar-refractivity contribution in [3.63, 3.8) is 0 Å². The number of halogens is 1. The minimum Gasteiger partial charge on any atom is -0.241 e. The van der Waals surface area contributed by atoms with E-state index in [-0.39, 0.29) is 5.82 Å². The maximum absolute atomic E-state index is 13.1. The summed E-state index contributed by atoms with van der Waals surface area (Å²) in [6.07, 6.45) is 0.550. The fourth-order valence-corrected chi connectivity index (χ4v) is 5.18. The minimum absolute atomic E-state index is 0.284. The van der Waals surface area contributed by atoms with E-state index < -0.39 is 10.0 Å². The molecule has 0 saturated heterocycles. The van der Waals surface area contributed by atoms with Gasteiger partial charge in [-0.25, -0.2) is 22.5 Å². The van der Waals surface area contributed by atoms with E-state index in [2.05, 4.69) is 9.71 Å². The summed E-state index contributed by atoms with van der Waals surface area (Å²) in [7, 11) is -3.55. The zero-order chi connectivity index (χ0) is 19.6. The number of rotatable bonds is 6. The Morgan fingerprint density at radius 1 is 1.07 bits per heavy atom. The van der Waals surface area contributed by atoms with Gasteiger partial charge in [-0.05, 0) is 68.7 Å². The number of thiazole rings is 1. The van der Waals surface area contributed by atoms with E-state index >= 15 is 0 Å². The van der Waals surface area contributed by atoms with Gasteiger partial charge in [0.1, 0.15) is 10.8 Å². The summed E-state index contributed by atoms with van der Waals surface area (Å²) in [5, 5.41) is 0.805. The lowest BCUT2D eigenvalue weighted by molar-refractivity contribution is 0.581. The molecule has 0 spiro atoms. The Kier molecular flexibility index (Phi) is 5.74. The molecule has 0 saturated carbocycles. The average molecular weight is 405 g/mol. The van der Waals surface area contributed by atoms with Gasteiger partial charge < -0.3 is 0 Å². The molecule has 0 amide bonds.